The minimum absolute atomic E-state index is 0.0527. The second-order valence-corrected chi connectivity index (χ2v) is 7.81. The lowest BCUT2D eigenvalue weighted by Gasteiger charge is -2.32. The summed E-state index contributed by atoms with van der Waals surface area (Å²) in [6, 6.07) is 13.5. The molecule has 2 heterocycles. The lowest BCUT2D eigenvalue weighted by atomic mass is 9.96. The van der Waals surface area contributed by atoms with E-state index in [4.69, 9.17) is 9.47 Å². The van der Waals surface area contributed by atoms with Crippen LogP contribution in [-0.4, -0.2) is 49.3 Å². The Hall–Kier alpha value is -3.46. The molecule has 2 aliphatic heterocycles. The van der Waals surface area contributed by atoms with E-state index in [0.717, 1.165) is 10.5 Å². The number of thioether (sulfide) groups is 1. The van der Waals surface area contributed by atoms with Gasteiger partial charge in [-0.25, -0.2) is 9.59 Å². The van der Waals surface area contributed by atoms with Crippen LogP contribution in [-0.2, 0) is 14.3 Å². The second kappa shape index (κ2) is 8.73. The van der Waals surface area contributed by atoms with E-state index in [9.17, 15) is 14.4 Å². The highest BCUT2D eigenvalue weighted by atomic mass is 32.2. The van der Waals surface area contributed by atoms with Gasteiger partial charge in [-0.3, -0.25) is 9.69 Å². The van der Waals surface area contributed by atoms with Crippen LogP contribution in [0.25, 0.3) is 0 Å². The van der Waals surface area contributed by atoms with Crippen molar-refractivity contribution in [1.82, 2.24) is 10.2 Å². The predicted molar refractivity (Wildman–Crippen MR) is 116 cm³/mol. The number of para-hydroxylation sites is 2. The van der Waals surface area contributed by atoms with Crippen LogP contribution in [0.3, 0.4) is 0 Å². The molecular weight excluding hydrogens is 418 g/mol. The molecule has 31 heavy (non-hydrogen) atoms. The molecule has 2 aromatic rings. The standard InChI is InChI=1S/C22H21N3O5S/c1-29-17-6-4-3-5-15(17)23-18(26)11-25-16-12-30-21(27)19(16)20(24-22(25)28)13-7-9-14(31-2)10-8-13/h3-10,20H,11-12H2,1-2H3,(H,23,26)(H,24,28)/t20-/m1/s1. The predicted octanol–water partition coefficient (Wildman–Crippen LogP) is 2.93. The Kier molecular flexibility index (Phi) is 5.85. The summed E-state index contributed by atoms with van der Waals surface area (Å²) in [5.41, 5.74) is 2.02. The van der Waals surface area contributed by atoms with Crippen molar-refractivity contribution in [2.24, 2.45) is 0 Å². The fraction of sp³-hybridized carbons (Fsp3) is 0.227. The highest BCUT2D eigenvalue weighted by Gasteiger charge is 2.42. The number of urea groups is 1. The summed E-state index contributed by atoms with van der Waals surface area (Å²) >= 11 is 1.60. The third kappa shape index (κ3) is 4.09. The molecule has 9 heteroatoms. The van der Waals surface area contributed by atoms with E-state index in [0.29, 0.717) is 22.7 Å². The summed E-state index contributed by atoms with van der Waals surface area (Å²) in [5, 5.41) is 5.57. The molecule has 0 saturated carbocycles. The first-order valence-electron chi connectivity index (χ1n) is 9.57. The zero-order valence-corrected chi connectivity index (χ0v) is 17.8. The molecule has 160 valence electrons. The first-order chi connectivity index (χ1) is 15.0. The number of cyclic esters (lactones) is 1. The van der Waals surface area contributed by atoms with Crippen molar-refractivity contribution in [2.45, 2.75) is 10.9 Å². The first-order valence-corrected chi connectivity index (χ1v) is 10.8. The van der Waals surface area contributed by atoms with E-state index in [2.05, 4.69) is 10.6 Å². The average molecular weight is 439 g/mol. The van der Waals surface area contributed by atoms with Crippen LogP contribution < -0.4 is 15.4 Å². The van der Waals surface area contributed by atoms with Crippen LogP contribution in [0.5, 0.6) is 5.75 Å². The van der Waals surface area contributed by atoms with E-state index in [-0.39, 0.29) is 13.2 Å². The molecule has 0 fully saturated rings. The van der Waals surface area contributed by atoms with Gasteiger partial charge in [0.05, 0.1) is 30.1 Å². The maximum atomic E-state index is 12.9. The molecule has 0 unspecified atom stereocenters. The molecule has 2 aliphatic rings. The average Bonchev–Trinajstić information content (AvgIpc) is 3.17. The van der Waals surface area contributed by atoms with Crippen molar-refractivity contribution in [3.8, 4) is 5.75 Å². The molecule has 0 saturated heterocycles. The van der Waals surface area contributed by atoms with Crippen LogP contribution in [0.2, 0.25) is 0 Å². The summed E-state index contributed by atoms with van der Waals surface area (Å²) in [7, 11) is 1.51. The number of hydrogen-bond donors (Lipinski definition) is 2. The molecule has 0 aromatic heterocycles. The molecule has 0 spiro atoms. The SMILES string of the molecule is COc1ccccc1NC(=O)CN1C(=O)N[C@H](c2ccc(SC)cc2)C2=C1COC2=O. The van der Waals surface area contributed by atoms with Crippen molar-refractivity contribution in [1.29, 1.82) is 0 Å². The van der Waals surface area contributed by atoms with Gasteiger partial charge in [-0.1, -0.05) is 24.3 Å². The fourth-order valence-electron chi connectivity index (χ4n) is 3.61. The first kappa shape index (κ1) is 20.8. The molecule has 3 amide bonds. The summed E-state index contributed by atoms with van der Waals surface area (Å²) in [6.45, 7) is -0.319. The number of nitrogens with one attached hydrogen (secondary N) is 2. The Balaban J connectivity index is 1.58. The number of nitrogens with zero attached hydrogens (tertiary/aromatic N) is 1. The van der Waals surface area contributed by atoms with Crippen LogP contribution in [0.4, 0.5) is 10.5 Å². The highest BCUT2D eigenvalue weighted by molar-refractivity contribution is 7.98. The molecule has 1 atom stereocenters. The molecule has 2 N–H and O–H groups in total. The summed E-state index contributed by atoms with van der Waals surface area (Å²) in [4.78, 5) is 40.3. The van der Waals surface area contributed by atoms with Gasteiger partial charge in [0, 0.05) is 4.90 Å². The monoisotopic (exact) mass is 439 g/mol. The Morgan fingerprint density at radius 3 is 2.68 bits per heavy atom. The van der Waals surface area contributed by atoms with Crippen molar-refractivity contribution in [3.05, 3.63) is 65.4 Å². The number of rotatable bonds is 6. The number of hydrogen-bond acceptors (Lipinski definition) is 6. The zero-order valence-electron chi connectivity index (χ0n) is 17.0. The van der Waals surface area contributed by atoms with E-state index >= 15 is 0 Å². The Morgan fingerprint density at radius 2 is 1.97 bits per heavy atom. The molecule has 0 bridgehead atoms. The summed E-state index contributed by atoms with van der Waals surface area (Å²) in [6.07, 6.45) is 1.97. The Labute approximate surface area is 183 Å². The van der Waals surface area contributed by atoms with Crippen LogP contribution >= 0.6 is 11.8 Å². The van der Waals surface area contributed by atoms with Gasteiger partial charge in [0.1, 0.15) is 18.9 Å². The molecule has 2 aromatic carbocycles. The number of carbonyl (C=O) groups is 3. The maximum absolute atomic E-state index is 12.9. The van der Waals surface area contributed by atoms with Crippen molar-refractivity contribution >= 4 is 35.4 Å². The number of esters is 1. The number of benzene rings is 2. The number of anilines is 1. The van der Waals surface area contributed by atoms with Gasteiger partial charge in [-0.05, 0) is 36.1 Å². The van der Waals surface area contributed by atoms with Gasteiger partial charge < -0.3 is 20.1 Å². The highest BCUT2D eigenvalue weighted by Crippen LogP contribution is 2.35. The fourth-order valence-corrected chi connectivity index (χ4v) is 4.01. The number of amides is 3. The zero-order chi connectivity index (χ0) is 22.0. The molecule has 0 radical (unpaired) electrons. The topological polar surface area (TPSA) is 97.0 Å². The maximum Gasteiger partial charge on any atom is 0.338 e. The smallest absolute Gasteiger partial charge is 0.338 e. The molecular formula is C22H21N3O5S. The number of carbonyl (C=O) groups excluding carboxylic acids is 3. The van der Waals surface area contributed by atoms with Crippen LogP contribution in [0, 0.1) is 0 Å². The minimum Gasteiger partial charge on any atom is -0.495 e. The third-order valence-corrected chi connectivity index (χ3v) is 5.87. The van der Waals surface area contributed by atoms with Gasteiger partial charge in [-0.2, -0.15) is 0 Å². The van der Waals surface area contributed by atoms with E-state index in [1.165, 1.54) is 12.0 Å². The van der Waals surface area contributed by atoms with E-state index in [1.807, 2.05) is 30.5 Å². The molecule has 0 aliphatic carbocycles. The normalized spacial score (nSPS) is 17.7. The second-order valence-electron chi connectivity index (χ2n) is 6.93. The van der Waals surface area contributed by atoms with E-state index < -0.39 is 23.9 Å². The van der Waals surface area contributed by atoms with Crippen molar-refractivity contribution in [3.63, 3.8) is 0 Å². The Bertz CT molecular complexity index is 1070. The number of ether oxygens (including phenoxy) is 2. The van der Waals surface area contributed by atoms with Crippen LogP contribution in [0.1, 0.15) is 11.6 Å². The van der Waals surface area contributed by atoms with Gasteiger partial charge in [0.2, 0.25) is 5.91 Å². The third-order valence-electron chi connectivity index (χ3n) is 5.13. The van der Waals surface area contributed by atoms with Gasteiger partial charge in [-0.15, -0.1) is 11.8 Å². The minimum atomic E-state index is -0.623. The summed E-state index contributed by atoms with van der Waals surface area (Å²) in [5.74, 6) is -0.412. The van der Waals surface area contributed by atoms with Crippen LogP contribution in [0.15, 0.2) is 64.7 Å². The van der Waals surface area contributed by atoms with Gasteiger partial charge in [0.15, 0.2) is 0 Å². The number of methoxy groups -OCH3 is 1. The quantitative estimate of drug-likeness (QED) is 0.531. The largest absolute Gasteiger partial charge is 0.495 e. The Morgan fingerprint density at radius 1 is 1.23 bits per heavy atom. The van der Waals surface area contributed by atoms with Crippen molar-refractivity contribution < 1.29 is 23.9 Å². The van der Waals surface area contributed by atoms with Gasteiger partial charge in [0.25, 0.3) is 0 Å². The molecule has 8 nitrogen and oxygen atoms in total. The summed E-state index contributed by atoms with van der Waals surface area (Å²) < 4.78 is 10.4. The molecule has 4 rings (SSSR count). The lowest BCUT2D eigenvalue weighted by molar-refractivity contribution is -0.136. The van der Waals surface area contributed by atoms with Crippen molar-refractivity contribution in [2.75, 3.05) is 31.8 Å². The lowest BCUT2D eigenvalue weighted by Crippen LogP contribution is -2.49. The van der Waals surface area contributed by atoms with Gasteiger partial charge >= 0.3 is 12.0 Å². The van der Waals surface area contributed by atoms with E-state index in [1.54, 1.807) is 36.0 Å².